The summed E-state index contributed by atoms with van der Waals surface area (Å²) in [6.07, 6.45) is 0. The van der Waals surface area contributed by atoms with Gasteiger partial charge in [-0.05, 0) is 58.0 Å². The van der Waals surface area contributed by atoms with Crippen molar-refractivity contribution in [2.24, 2.45) is 0 Å². The van der Waals surface area contributed by atoms with E-state index in [-0.39, 0.29) is 11.9 Å². The Morgan fingerprint density at radius 2 is 1.88 bits per heavy atom. The highest BCUT2D eigenvalue weighted by atomic mass is 32.2. The molecule has 24 heavy (non-hydrogen) atoms. The van der Waals surface area contributed by atoms with Crippen LogP contribution in [0.3, 0.4) is 0 Å². The van der Waals surface area contributed by atoms with Gasteiger partial charge in [-0.1, -0.05) is 17.7 Å². The summed E-state index contributed by atoms with van der Waals surface area (Å²) in [5.74, 6) is 1.56. The number of amides is 1. The largest absolute Gasteiger partial charge is 0.494 e. The van der Waals surface area contributed by atoms with Crippen molar-refractivity contribution in [3.63, 3.8) is 0 Å². The first-order valence-corrected chi connectivity index (χ1v) is 9.24. The van der Waals surface area contributed by atoms with Gasteiger partial charge in [-0.25, -0.2) is 0 Å². The van der Waals surface area contributed by atoms with E-state index in [1.807, 2.05) is 39.0 Å². The van der Waals surface area contributed by atoms with Gasteiger partial charge in [-0.2, -0.15) is 0 Å². The second kappa shape index (κ2) is 8.78. The highest BCUT2D eigenvalue weighted by molar-refractivity contribution is 7.98. The summed E-state index contributed by atoms with van der Waals surface area (Å²) >= 11 is 1.74. The molecule has 2 aromatic carbocycles. The topological polar surface area (TPSA) is 38.3 Å². The molecule has 0 atom stereocenters. The Labute approximate surface area is 148 Å². The maximum absolute atomic E-state index is 12.2. The summed E-state index contributed by atoms with van der Waals surface area (Å²) in [6.45, 7) is 8.58. The number of carbonyl (C=O) groups excluding carboxylic acids is 1. The van der Waals surface area contributed by atoms with Crippen molar-refractivity contribution in [3.05, 3.63) is 59.2 Å². The number of benzene rings is 2. The van der Waals surface area contributed by atoms with Crippen LogP contribution in [-0.2, 0) is 5.75 Å². The van der Waals surface area contributed by atoms with E-state index in [4.69, 9.17) is 4.74 Å². The maximum Gasteiger partial charge on any atom is 0.251 e. The van der Waals surface area contributed by atoms with Crippen LogP contribution in [0.2, 0.25) is 0 Å². The third-order valence-corrected chi connectivity index (χ3v) is 4.52. The summed E-state index contributed by atoms with van der Waals surface area (Å²) in [4.78, 5) is 13.4. The molecule has 0 radical (unpaired) electrons. The van der Waals surface area contributed by atoms with E-state index in [1.54, 1.807) is 11.8 Å². The molecule has 2 rings (SSSR count). The first-order chi connectivity index (χ1) is 11.5. The molecular weight excluding hydrogens is 318 g/mol. The van der Waals surface area contributed by atoms with Crippen molar-refractivity contribution in [3.8, 4) is 5.75 Å². The van der Waals surface area contributed by atoms with Crippen LogP contribution in [0, 0.1) is 6.92 Å². The van der Waals surface area contributed by atoms with E-state index in [9.17, 15) is 4.79 Å². The van der Waals surface area contributed by atoms with Crippen molar-refractivity contribution in [2.75, 3.05) is 6.61 Å². The number of aryl methyl sites for hydroxylation is 1. The lowest BCUT2D eigenvalue weighted by Crippen LogP contribution is -2.30. The van der Waals surface area contributed by atoms with Crippen LogP contribution in [0.1, 0.15) is 42.3 Å². The van der Waals surface area contributed by atoms with Gasteiger partial charge in [-0.3, -0.25) is 4.79 Å². The van der Waals surface area contributed by atoms with Gasteiger partial charge in [0.1, 0.15) is 5.75 Å². The monoisotopic (exact) mass is 343 g/mol. The van der Waals surface area contributed by atoms with Crippen molar-refractivity contribution >= 4 is 17.7 Å². The van der Waals surface area contributed by atoms with Gasteiger partial charge in [-0.15, -0.1) is 11.8 Å². The summed E-state index contributed by atoms with van der Waals surface area (Å²) in [6, 6.07) is 14.2. The second-order valence-corrected chi connectivity index (χ2v) is 7.03. The molecular formula is C20H25NO2S. The number of hydrogen-bond acceptors (Lipinski definition) is 3. The van der Waals surface area contributed by atoms with E-state index >= 15 is 0 Å². The number of ether oxygens (including phenoxy) is 1. The van der Waals surface area contributed by atoms with Crippen LogP contribution in [0.25, 0.3) is 0 Å². The van der Waals surface area contributed by atoms with E-state index in [0.29, 0.717) is 12.2 Å². The Hall–Kier alpha value is -1.94. The summed E-state index contributed by atoms with van der Waals surface area (Å²) in [5, 5.41) is 2.93. The van der Waals surface area contributed by atoms with Gasteiger partial charge in [0.15, 0.2) is 0 Å². The standard InChI is InChI=1S/C20H25NO2S/c1-5-23-19-11-8-16(20(22)21-14(2)3)12-17(19)13-24-18-9-6-15(4)7-10-18/h6-12,14H,5,13H2,1-4H3,(H,21,22). The zero-order chi connectivity index (χ0) is 17.5. The molecule has 0 fully saturated rings. The molecule has 128 valence electrons. The predicted octanol–water partition coefficient (Wildman–Crippen LogP) is 4.82. The molecule has 0 saturated heterocycles. The van der Waals surface area contributed by atoms with Crippen LogP contribution >= 0.6 is 11.8 Å². The Kier molecular flexibility index (Phi) is 6.73. The van der Waals surface area contributed by atoms with E-state index in [0.717, 1.165) is 17.1 Å². The summed E-state index contributed by atoms with van der Waals surface area (Å²) < 4.78 is 5.72. The predicted molar refractivity (Wildman–Crippen MR) is 101 cm³/mol. The molecule has 0 heterocycles. The normalized spacial score (nSPS) is 10.7. The highest BCUT2D eigenvalue weighted by Crippen LogP contribution is 2.29. The summed E-state index contributed by atoms with van der Waals surface area (Å²) in [5.41, 5.74) is 2.96. The first-order valence-electron chi connectivity index (χ1n) is 8.25. The second-order valence-electron chi connectivity index (χ2n) is 5.99. The minimum atomic E-state index is -0.0466. The quantitative estimate of drug-likeness (QED) is 0.732. The number of rotatable bonds is 7. The lowest BCUT2D eigenvalue weighted by molar-refractivity contribution is 0.0943. The molecule has 2 aromatic rings. The SMILES string of the molecule is CCOc1ccc(C(=O)NC(C)C)cc1CSc1ccc(C)cc1. The van der Waals surface area contributed by atoms with Crippen molar-refractivity contribution in [1.29, 1.82) is 0 Å². The molecule has 3 nitrogen and oxygen atoms in total. The van der Waals surface area contributed by atoms with Gasteiger partial charge < -0.3 is 10.1 Å². The first kappa shape index (κ1) is 18.4. The molecule has 0 unspecified atom stereocenters. The Morgan fingerprint density at radius 1 is 1.17 bits per heavy atom. The van der Waals surface area contributed by atoms with Gasteiger partial charge in [0.05, 0.1) is 6.61 Å². The van der Waals surface area contributed by atoms with E-state index in [2.05, 4.69) is 36.5 Å². The fourth-order valence-electron chi connectivity index (χ4n) is 2.27. The van der Waals surface area contributed by atoms with E-state index < -0.39 is 0 Å². The van der Waals surface area contributed by atoms with Gasteiger partial charge in [0, 0.05) is 27.8 Å². The van der Waals surface area contributed by atoms with Gasteiger partial charge >= 0.3 is 0 Å². The van der Waals surface area contributed by atoms with Crippen LogP contribution in [0.4, 0.5) is 0 Å². The number of nitrogens with one attached hydrogen (secondary N) is 1. The highest BCUT2D eigenvalue weighted by Gasteiger charge is 2.12. The molecule has 0 aromatic heterocycles. The molecule has 1 amide bonds. The summed E-state index contributed by atoms with van der Waals surface area (Å²) in [7, 11) is 0. The van der Waals surface area contributed by atoms with Gasteiger partial charge in [0.2, 0.25) is 0 Å². The van der Waals surface area contributed by atoms with Crippen LogP contribution in [0.5, 0.6) is 5.75 Å². The van der Waals surface area contributed by atoms with Crippen LogP contribution in [0.15, 0.2) is 47.4 Å². The number of hydrogen-bond donors (Lipinski definition) is 1. The molecule has 0 bridgehead atoms. The minimum absolute atomic E-state index is 0.0466. The third kappa shape index (κ3) is 5.31. The Bertz CT molecular complexity index is 681. The van der Waals surface area contributed by atoms with Crippen molar-refractivity contribution in [1.82, 2.24) is 5.32 Å². The fraction of sp³-hybridized carbons (Fsp3) is 0.350. The number of thioether (sulfide) groups is 1. The smallest absolute Gasteiger partial charge is 0.251 e. The Balaban J connectivity index is 2.17. The van der Waals surface area contributed by atoms with Crippen molar-refractivity contribution < 1.29 is 9.53 Å². The van der Waals surface area contributed by atoms with Crippen LogP contribution < -0.4 is 10.1 Å². The molecule has 0 saturated carbocycles. The fourth-order valence-corrected chi connectivity index (χ4v) is 3.15. The lowest BCUT2D eigenvalue weighted by atomic mass is 10.1. The lowest BCUT2D eigenvalue weighted by Gasteiger charge is -2.13. The maximum atomic E-state index is 12.2. The van der Waals surface area contributed by atoms with Crippen molar-refractivity contribution in [2.45, 2.75) is 44.4 Å². The zero-order valence-corrected chi connectivity index (χ0v) is 15.6. The average Bonchev–Trinajstić information content (AvgIpc) is 2.55. The van der Waals surface area contributed by atoms with E-state index in [1.165, 1.54) is 10.5 Å². The average molecular weight is 343 g/mol. The minimum Gasteiger partial charge on any atom is -0.494 e. The zero-order valence-electron chi connectivity index (χ0n) is 14.8. The third-order valence-electron chi connectivity index (χ3n) is 3.46. The Morgan fingerprint density at radius 3 is 2.50 bits per heavy atom. The van der Waals surface area contributed by atoms with Gasteiger partial charge in [0.25, 0.3) is 5.91 Å². The molecule has 1 N–H and O–H groups in total. The molecule has 0 aliphatic carbocycles. The molecule has 4 heteroatoms. The molecule has 0 aliphatic rings. The molecule has 0 aliphatic heterocycles. The molecule has 0 spiro atoms. The number of carbonyl (C=O) groups is 1. The van der Waals surface area contributed by atoms with Crippen LogP contribution in [-0.4, -0.2) is 18.6 Å².